The van der Waals surface area contributed by atoms with Crippen molar-refractivity contribution in [2.45, 2.75) is 0 Å². The van der Waals surface area contributed by atoms with Crippen LogP contribution in [0.15, 0.2) is 121 Å². The van der Waals surface area contributed by atoms with Gasteiger partial charge in [0.25, 0.3) is 0 Å². The van der Waals surface area contributed by atoms with Gasteiger partial charge in [-0.3, -0.25) is 10.6 Å². The largest absolute Gasteiger partial charge is 0.417 e. The van der Waals surface area contributed by atoms with E-state index >= 15 is 0 Å². The third-order valence-corrected chi connectivity index (χ3v) is 7.40. The zero-order chi connectivity index (χ0) is 37.5. The molecule has 0 aliphatic heterocycles. The van der Waals surface area contributed by atoms with Gasteiger partial charge in [-0.2, -0.15) is 0 Å². The van der Waals surface area contributed by atoms with Gasteiger partial charge in [-0.15, -0.1) is 0 Å². The molecule has 4 amide bonds. The highest BCUT2D eigenvalue weighted by molar-refractivity contribution is 6.03. The lowest BCUT2D eigenvalue weighted by molar-refractivity contribution is 0.0397. The van der Waals surface area contributed by atoms with E-state index in [1.807, 2.05) is 0 Å². The molecule has 6 aromatic carbocycles. The number of primary amides is 2. The van der Waals surface area contributed by atoms with E-state index in [1.165, 1.54) is 72.8 Å². The highest BCUT2D eigenvalue weighted by Crippen LogP contribution is 2.35. The van der Waals surface area contributed by atoms with Crippen LogP contribution < -0.4 is 41.0 Å². The standard InChI is InChI=1S/C38H26N4O11/c39-35(45)49-27-9-1-5-21-7-3-11-29(31(21)27)51-37(47)41-25-17-13-23(14-18-25)33(43)53-34(44)24-15-19-26(20-16-24)42-38(48)52-30-12-4-8-22-6-2-10-28(32(22)30)50-36(40)46/h1-20H,(H2,39,45)(H2,40,46)(H,41,47)(H,42,48). The number of hydrogen-bond donors (Lipinski definition) is 4. The predicted molar refractivity (Wildman–Crippen MR) is 190 cm³/mol. The third kappa shape index (κ3) is 8.45. The number of nitrogens with one attached hydrogen (secondary N) is 2. The van der Waals surface area contributed by atoms with Gasteiger partial charge in [0.1, 0.15) is 23.0 Å². The van der Waals surface area contributed by atoms with Gasteiger partial charge in [0, 0.05) is 11.4 Å². The van der Waals surface area contributed by atoms with Crippen LogP contribution in [0.4, 0.5) is 30.6 Å². The fraction of sp³-hybridized carbons (Fsp3) is 0. The van der Waals surface area contributed by atoms with E-state index in [2.05, 4.69) is 10.6 Å². The smallest absolute Gasteiger partial charge is 0.410 e. The third-order valence-electron chi connectivity index (χ3n) is 7.40. The Kier molecular flexibility index (Phi) is 10.1. The van der Waals surface area contributed by atoms with E-state index in [-0.39, 0.29) is 45.5 Å². The Morgan fingerprint density at radius 2 is 0.736 bits per heavy atom. The minimum Gasteiger partial charge on any atom is -0.410 e. The van der Waals surface area contributed by atoms with Crippen LogP contribution in [0, 0.1) is 0 Å². The van der Waals surface area contributed by atoms with E-state index in [1.54, 1.807) is 48.5 Å². The molecule has 0 saturated heterocycles. The van der Waals surface area contributed by atoms with E-state index in [0.29, 0.717) is 21.5 Å². The number of amides is 4. The Morgan fingerprint density at radius 1 is 0.415 bits per heavy atom. The number of carbonyl (C=O) groups excluding carboxylic acids is 6. The number of ether oxygens (including phenoxy) is 5. The van der Waals surface area contributed by atoms with Gasteiger partial charge in [-0.25, -0.2) is 28.8 Å². The summed E-state index contributed by atoms with van der Waals surface area (Å²) in [6.45, 7) is 0. The zero-order valence-corrected chi connectivity index (χ0v) is 27.2. The molecule has 6 N–H and O–H groups in total. The van der Waals surface area contributed by atoms with Crippen molar-refractivity contribution in [2.75, 3.05) is 10.6 Å². The summed E-state index contributed by atoms with van der Waals surface area (Å²) in [7, 11) is 0. The van der Waals surface area contributed by atoms with Crippen molar-refractivity contribution in [3.8, 4) is 23.0 Å². The first-order valence-corrected chi connectivity index (χ1v) is 15.5. The van der Waals surface area contributed by atoms with Gasteiger partial charge in [-0.05, 0) is 83.6 Å². The summed E-state index contributed by atoms with van der Waals surface area (Å²) in [5.74, 6) is -1.49. The summed E-state index contributed by atoms with van der Waals surface area (Å²) in [5, 5.41) is 7.01. The maximum atomic E-state index is 12.7. The number of benzene rings is 6. The normalized spacial score (nSPS) is 10.5. The molecule has 264 valence electrons. The van der Waals surface area contributed by atoms with E-state index < -0.39 is 36.3 Å². The van der Waals surface area contributed by atoms with Crippen LogP contribution in [0.25, 0.3) is 21.5 Å². The summed E-state index contributed by atoms with van der Waals surface area (Å²) >= 11 is 0. The number of hydrogen-bond acceptors (Lipinski definition) is 11. The van der Waals surface area contributed by atoms with Crippen LogP contribution in [0.3, 0.4) is 0 Å². The average Bonchev–Trinajstić information content (AvgIpc) is 3.12. The van der Waals surface area contributed by atoms with Crippen molar-refractivity contribution in [1.29, 1.82) is 0 Å². The molecule has 15 heteroatoms. The predicted octanol–water partition coefficient (Wildman–Crippen LogP) is 7.13. The molecular weight excluding hydrogens is 688 g/mol. The Hall–Kier alpha value is -7.94. The molecule has 6 aromatic rings. The number of esters is 2. The monoisotopic (exact) mass is 714 g/mol. The van der Waals surface area contributed by atoms with Crippen molar-refractivity contribution in [2.24, 2.45) is 11.5 Å². The molecule has 0 heterocycles. The van der Waals surface area contributed by atoms with Crippen LogP contribution in [0.1, 0.15) is 20.7 Å². The maximum Gasteiger partial charge on any atom is 0.417 e. The first kappa shape index (κ1) is 34.9. The summed E-state index contributed by atoms with van der Waals surface area (Å²) in [4.78, 5) is 73.4. The lowest BCUT2D eigenvalue weighted by Crippen LogP contribution is -2.18. The highest BCUT2D eigenvalue weighted by atomic mass is 16.6. The van der Waals surface area contributed by atoms with Gasteiger partial charge in [0.15, 0.2) is 0 Å². The molecule has 0 bridgehead atoms. The second-order valence-corrected chi connectivity index (χ2v) is 10.9. The molecule has 0 unspecified atom stereocenters. The second kappa shape index (κ2) is 15.3. The quantitative estimate of drug-likeness (QED) is 0.0916. The molecule has 6 rings (SSSR count). The highest BCUT2D eigenvalue weighted by Gasteiger charge is 2.18. The first-order valence-electron chi connectivity index (χ1n) is 15.5. The molecule has 0 saturated carbocycles. The fourth-order valence-electron chi connectivity index (χ4n) is 5.17. The molecule has 0 spiro atoms. The molecule has 0 aliphatic rings. The molecule has 53 heavy (non-hydrogen) atoms. The molecule has 0 radical (unpaired) electrons. The molecule has 0 aromatic heterocycles. The fourth-order valence-corrected chi connectivity index (χ4v) is 5.17. The minimum atomic E-state index is -1.03. The molecule has 0 aliphatic carbocycles. The van der Waals surface area contributed by atoms with Crippen molar-refractivity contribution in [3.63, 3.8) is 0 Å². The van der Waals surface area contributed by atoms with E-state index in [4.69, 9.17) is 35.2 Å². The Bertz CT molecular complexity index is 2230. The molecule has 0 atom stereocenters. The summed E-state index contributed by atoms with van der Waals surface area (Å²) in [5.41, 5.74) is 10.9. The number of fused-ring (bicyclic) bond motifs is 2. The van der Waals surface area contributed by atoms with Crippen molar-refractivity contribution < 1.29 is 52.5 Å². The van der Waals surface area contributed by atoms with Crippen LogP contribution in [0.5, 0.6) is 23.0 Å². The Morgan fingerprint density at radius 3 is 1.06 bits per heavy atom. The van der Waals surface area contributed by atoms with Gasteiger partial charge >= 0.3 is 36.3 Å². The minimum absolute atomic E-state index is 0.0124. The summed E-state index contributed by atoms with van der Waals surface area (Å²) in [6, 6.07) is 30.5. The van der Waals surface area contributed by atoms with Crippen molar-refractivity contribution in [3.05, 3.63) is 132 Å². The number of carbonyl (C=O) groups is 6. The number of anilines is 2. The van der Waals surface area contributed by atoms with Gasteiger partial charge in [0.2, 0.25) is 0 Å². The lowest BCUT2D eigenvalue weighted by atomic mass is 10.1. The van der Waals surface area contributed by atoms with Crippen LogP contribution >= 0.6 is 0 Å². The van der Waals surface area contributed by atoms with Crippen LogP contribution in [-0.2, 0) is 4.74 Å². The topological polar surface area (TPSA) is 225 Å². The first-order chi connectivity index (χ1) is 25.5. The Labute approximate surface area is 298 Å². The Balaban J connectivity index is 1.03. The van der Waals surface area contributed by atoms with E-state index in [0.717, 1.165) is 0 Å². The second-order valence-electron chi connectivity index (χ2n) is 10.9. The summed E-state index contributed by atoms with van der Waals surface area (Å²) < 4.78 is 26.0. The SMILES string of the molecule is NC(=O)Oc1cccc2cccc(OC(=O)Nc3ccc(C(=O)OC(=O)c4ccc(NC(=O)Oc5cccc6cccc(OC(N)=O)c56)cc4)cc3)c12. The lowest BCUT2D eigenvalue weighted by Gasteiger charge is -2.12. The molecular formula is C38H26N4O11. The maximum absolute atomic E-state index is 12.7. The van der Waals surface area contributed by atoms with Gasteiger partial charge in [0.05, 0.1) is 21.9 Å². The van der Waals surface area contributed by atoms with Crippen molar-refractivity contribution >= 4 is 69.2 Å². The van der Waals surface area contributed by atoms with E-state index in [9.17, 15) is 28.8 Å². The zero-order valence-electron chi connectivity index (χ0n) is 27.2. The summed E-state index contributed by atoms with van der Waals surface area (Å²) in [6.07, 6.45) is -3.81. The molecule has 15 nitrogen and oxygen atoms in total. The van der Waals surface area contributed by atoms with Crippen LogP contribution in [0.2, 0.25) is 0 Å². The average molecular weight is 715 g/mol. The van der Waals surface area contributed by atoms with Gasteiger partial charge in [-0.1, -0.05) is 48.5 Å². The van der Waals surface area contributed by atoms with Gasteiger partial charge < -0.3 is 35.2 Å². The number of nitrogens with two attached hydrogens (primary N) is 2. The number of rotatable bonds is 8. The molecule has 0 fully saturated rings. The van der Waals surface area contributed by atoms with Crippen molar-refractivity contribution in [1.82, 2.24) is 0 Å². The van der Waals surface area contributed by atoms with Crippen LogP contribution in [-0.4, -0.2) is 36.3 Å².